The minimum Gasteiger partial charge on any atom is -0.480 e. The zero-order valence-corrected chi connectivity index (χ0v) is 12.5. The Balaban J connectivity index is 2.11. The van der Waals surface area contributed by atoms with Gasteiger partial charge in [0.2, 0.25) is 11.6 Å². The highest BCUT2D eigenvalue weighted by Gasteiger charge is 2.22. The third kappa shape index (κ3) is 2.25. The maximum absolute atomic E-state index is 6.04. The molecular weight excluding hydrogens is 288 g/mol. The summed E-state index contributed by atoms with van der Waals surface area (Å²) in [6, 6.07) is 20.7. The van der Waals surface area contributed by atoms with Crippen LogP contribution in [0.15, 0.2) is 65.3 Å². The number of nitrogens with zero attached hydrogens (tertiary/aromatic N) is 2. The van der Waals surface area contributed by atoms with E-state index in [0.29, 0.717) is 11.6 Å². The first-order chi connectivity index (χ1) is 11.4. The summed E-state index contributed by atoms with van der Waals surface area (Å²) in [4.78, 5) is 8.48. The van der Waals surface area contributed by atoms with E-state index in [0.717, 1.165) is 27.8 Å². The van der Waals surface area contributed by atoms with E-state index in [1.807, 2.05) is 54.6 Å². The van der Waals surface area contributed by atoms with Gasteiger partial charge in [-0.1, -0.05) is 54.6 Å². The summed E-state index contributed by atoms with van der Waals surface area (Å²) in [5, 5.41) is 0.782. The van der Waals surface area contributed by atoms with Crippen LogP contribution in [0.5, 0.6) is 5.88 Å². The monoisotopic (exact) mass is 301 g/mol. The van der Waals surface area contributed by atoms with E-state index in [1.165, 1.54) is 6.33 Å². The van der Waals surface area contributed by atoms with Crippen molar-refractivity contribution in [3.63, 3.8) is 0 Å². The van der Waals surface area contributed by atoms with Gasteiger partial charge in [-0.15, -0.1) is 0 Å². The summed E-state index contributed by atoms with van der Waals surface area (Å²) >= 11 is 0. The Morgan fingerprint density at radius 3 is 2.48 bits per heavy atom. The molecule has 0 bridgehead atoms. The van der Waals surface area contributed by atoms with Gasteiger partial charge in [-0.05, 0) is 11.6 Å². The smallest absolute Gasteiger partial charge is 0.234 e. The van der Waals surface area contributed by atoms with Gasteiger partial charge in [-0.3, -0.25) is 0 Å². The van der Waals surface area contributed by atoms with Crippen molar-refractivity contribution < 1.29 is 9.15 Å². The molecule has 0 atom stereocenters. The van der Waals surface area contributed by atoms with Crippen molar-refractivity contribution in [2.45, 2.75) is 0 Å². The van der Waals surface area contributed by atoms with E-state index in [1.54, 1.807) is 7.11 Å². The van der Waals surface area contributed by atoms with Crippen LogP contribution in [0.3, 0.4) is 0 Å². The Kier molecular flexibility index (Phi) is 3.27. The highest BCUT2D eigenvalue weighted by atomic mass is 16.5. The standard InChI is InChI=1S/C19H13N2O2/c1-22-18-16-15(13-8-4-2-5-9-13)17(14-10-6-3-7-11-14)23-19(16)21-12-20-18/h2,4-12H,1H3. The first kappa shape index (κ1) is 13.5. The average Bonchev–Trinajstić information content (AvgIpc) is 3.03. The zero-order valence-electron chi connectivity index (χ0n) is 12.5. The molecule has 2 aromatic heterocycles. The molecule has 0 saturated heterocycles. The number of methoxy groups -OCH3 is 1. The Morgan fingerprint density at radius 1 is 0.957 bits per heavy atom. The van der Waals surface area contributed by atoms with E-state index in [-0.39, 0.29) is 0 Å². The molecule has 0 aliphatic heterocycles. The molecule has 23 heavy (non-hydrogen) atoms. The quantitative estimate of drug-likeness (QED) is 0.564. The van der Waals surface area contributed by atoms with Gasteiger partial charge in [0.25, 0.3) is 0 Å². The fraction of sp³-hybridized carbons (Fsp3) is 0.0526. The molecule has 0 aliphatic carbocycles. The van der Waals surface area contributed by atoms with Crippen molar-refractivity contribution in [3.8, 4) is 28.3 Å². The third-order valence-corrected chi connectivity index (χ3v) is 3.69. The van der Waals surface area contributed by atoms with Gasteiger partial charge in [0.1, 0.15) is 17.5 Å². The molecule has 4 nitrogen and oxygen atoms in total. The van der Waals surface area contributed by atoms with E-state index >= 15 is 0 Å². The van der Waals surface area contributed by atoms with Crippen molar-refractivity contribution >= 4 is 11.1 Å². The molecule has 111 valence electrons. The summed E-state index contributed by atoms with van der Waals surface area (Å²) in [7, 11) is 1.60. The van der Waals surface area contributed by atoms with Crippen molar-refractivity contribution in [2.75, 3.05) is 7.11 Å². The van der Waals surface area contributed by atoms with E-state index in [9.17, 15) is 0 Å². The maximum Gasteiger partial charge on any atom is 0.234 e. The second-order valence-electron chi connectivity index (χ2n) is 5.02. The highest BCUT2D eigenvalue weighted by Crippen LogP contribution is 2.42. The molecule has 0 fully saturated rings. The fourth-order valence-electron chi connectivity index (χ4n) is 2.68. The predicted molar refractivity (Wildman–Crippen MR) is 88.1 cm³/mol. The predicted octanol–water partition coefficient (Wildman–Crippen LogP) is 4.37. The molecule has 0 saturated carbocycles. The molecule has 2 heterocycles. The minimum atomic E-state index is 0.506. The van der Waals surface area contributed by atoms with Crippen LogP contribution in [-0.2, 0) is 0 Å². The Bertz CT molecular complexity index is 947. The Labute approximate surface area is 133 Å². The lowest BCUT2D eigenvalue weighted by atomic mass is 9.99. The molecule has 4 rings (SSSR count). The van der Waals surface area contributed by atoms with Gasteiger partial charge >= 0.3 is 0 Å². The fourth-order valence-corrected chi connectivity index (χ4v) is 2.68. The number of benzene rings is 2. The second kappa shape index (κ2) is 5.57. The minimum absolute atomic E-state index is 0.506. The summed E-state index contributed by atoms with van der Waals surface area (Å²) in [6.07, 6.45) is 1.45. The number of ether oxygens (including phenoxy) is 1. The van der Waals surface area contributed by atoms with Crippen LogP contribution in [0.1, 0.15) is 0 Å². The number of rotatable bonds is 3. The van der Waals surface area contributed by atoms with Crippen molar-refractivity contribution in [3.05, 3.63) is 67.0 Å². The van der Waals surface area contributed by atoms with Crippen LogP contribution in [-0.4, -0.2) is 17.1 Å². The molecule has 0 unspecified atom stereocenters. The molecule has 0 spiro atoms. The average molecular weight is 301 g/mol. The second-order valence-corrected chi connectivity index (χ2v) is 5.02. The lowest BCUT2D eigenvalue weighted by Gasteiger charge is -2.05. The molecule has 1 radical (unpaired) electrons. The van der Waals surface area contributed by atoms with Crippen LogP contribution in [0.2, 0.25) is 0 Å². The summed E-state index contributed by atoms with van der Waals surface area (Å²) in [5.41, 5.74) is 3.44. The van der Waals surface area contributed by atoms with Crippen LogP contribution in [0.4, 0.5) is 0 Å². The highest BCUT2D eigenvalue weighted by molar-refractivity contribution is 6.02. The van der Waals surface area contributed by atoms with Crippen LogP contribution < -0.4 is 4.74 Å². The summed E-state index contributed by atoms with van der Waals surface area (Å²) < 4.78 is 11.5. The first-order valence-corrected chi connectivity index (χ1v) is 7.22. The van der Waals surface area contributed by atoms with Gasteiger partial charge in [-0.2, -0.15) is 0 Å². The zero-order chi connectivity index (χ0) is 15.6. The Hall–Kier alpha value is -3.14. The number of fused-ring (bicyclic) bond motifs is 1. The molecule has 4 heteroatoms. The Morgan fingerprint density at radius 2 is 1.74 bits per heavy atom. The number of aromatic nitrogens is 2. The van der Waals surface area contributed by atoms with Crippen LogP contribution >= 0.6 is 0 Å². The van der Waals surface area contributed by atoms with Crippen LogP contribution in [0, 0.1) is 6.07 Å². The molecule has 0 N–H and O–H groups in total. The van der Waals surface area contributed by atoms with E-state index in [2.05, 4.69) is 16.0 Å². The van der Waals surface area contributed by atoms with Gasteiger partial charge in [0.15, 0.2) is 0 Å². The van der Waals surface area contributed by atoms with Crippen molar-refractivity contribution in [1.82, 2.24) is 9.97 Å². The number of hydrogen-bond acceptors (Lipinski definition) is 4. The topological polar surface area (TPSA) is 48.2 Å². The number of hydrogen-bond donors (Lipinski definition) is 0. The molecule has 4 aromatic rings. The molecule has 0 amide bonds. The number of furan rings is 1. The van der Waals surface area contributed by atoms with Gasteiger partial charge in [-0.25, -0.2) is 9.97 Å². The molecule has 0 aliphatic rings. The van der Waals surface area contributed by atoms with Gasteiger partial charge in [0.05, 0.1) is 7.11 Å². The van der Waals surface area contributed by atoms with Gasteiger partial charge < -0.3 is 9.15 Å². The van der Waals surface area contributed by atoms with Crippen molar-refractivity contribution in [2.24, 2.45) is 0 Å². The lowest BCUT2D eigenvalue weighted by molar-refractivity contribution is 0.402. The van der Waals surface area contributed by atoms with E-state index < -0.39 is 0 Å². The van der Waals surface area contributed by atoms with Crippen LogP contribution in [0.25, 0.3) is 33.6 Å². The largest absolute Gasteiger partial charge is 0.480 e. The van der Waals surface area contributed by atoms with E-state index in [4.69, 9.17) is 9.15 Å². The summed E-state index contributed by atoms with van der Waals surface area (Å²) in [6.45, 7) is 0. The first-order valence-electron chi connectivity index (χ1n) is 7.22. The van der Waals surface area contributed by atoms with Crippen molar-refractivity contribution in [1.29, 1.82) is 0 Å². The lowest BCUT2D eigenvalue weighted by Crippen LogP contribution is -1.90. The third-order valence-electron chi connectivity index (χ3n) is 3.69. The normalized spacial score (nSPS) is 10.8. The SMILES string of the molecule is COc1ncnc2oc(-c3cc[c]cc3)c(-c3ccccc3)c12. The maximum atomic E-state index is 6.04. The summed E-state index contributed by atoms with van der Waals surface area (Å²) in [5.74, 6) is 1.25. The van der Waals surface area contributed by atoms with Gasteiger partial charge in [0, 0.05) is 11.1 Å². The molecule has 2 aromatic carbocycles. The molecular formula is C19H13N2O2.